The number of para-hydroxylation sites is 1. The number of rotatable bonds is 7. The van der Waals surface area contributed by atoms with Crippen molar-refractivity contribution in [3.05, 3.63) is 199 Å². The van der Waals surface area contributed by atoms with Gasteiger partial charge in [-0.15, -0.1) is 23.8 Å². The van der Waals surface area contributed by atoms with Crippen LogP contribution >= 0.6 is 0 Å². The zero-order chi connectivity index (χ0) is 46.1. The van der Waals surface area contributed by atoms with E-state index in [2.05, 4.69) is 268 Å². The predicted octanol–water partition coefficient (Wildman–Crippen LogP) is 12.3. The Morgan fingerprint density at radius 1 is 0.485 bits per heavy atom. The maximum absolute atomic E-state index is 5.05. The first-order valence-electron chi connectivity index (χ1n) is 23.1. The Balaban J connectivity index is 0.00000592. The van der Waals surface area contributed by atoms with Crippen molar-refractivity contribution < 1.29 is 21.1 Å². The molecule has 66 heavy (non-hydrogen) atoms. The molecule has 6 aromatic carbocycles. The Hall–Kier alpha value is -5.48. The molecule has 1 aliphatic heterocycles. The van der Waals surface area contributed by atoms with Crippen LogP contribution in [0, 0.1) is 18.8 Å². The molecule has 1 aliphatic rings. The molecule has 0 saturated heterocycles. The van der Waals surface area contributed by atoms with E-state index in [-0.39, 0.29) is 42.7 Å². The summed E-state index contributed by atoms with van der Waals surface area (Å²) in [4.78, 5) is 9.57. The van der Waals surface area contributed by atoms with E-state index in [0.717, 1.165) is 33.6 Å². The van der Waals surface area contributed by atoms with Crippen LogP contribution in [0.3, 0.4) is 0 Å². The van der Waals surface area contributed by atoms with Gasteiger partial charge in [0.15, 0.2) is 0 Å². The topological polar surface area (TPSA) is 24.3 Å². The van der Waals surface area contributed by atoms with E-state index in [9.17, 15) is 0 Å². The second-order valence-electron chi connectivity index (χ2n) is 22.0. The smallest absolute Gasteiger partial charge is 0.135 e. The van der Waals surface area contributed by atoms with E-state index in [1.807, 2.05) is 6.20 Å². The van der Waals surface area contributed by atoms with E-state index < -0.39 is 8.07 Å². The van der Waals surface area contributed by atoms with Crippen LogP contribution in [-0.4, -0.2) is 17.6 Å². The fourth-order valence-corrected chi connectivity index (χ4v) is 13.9. The zero-order valence-electron chi connectivity index (χ0n) is 40.7. The predicted molar refractivity (Wildman–Crippen MR) is 280 cm³/mol. The summed E-state index contributed by atoms with van der Waals surface area (Å²) in [5.41, 5.74) is 9.30. The standard InChI is InChI=1S/C60H63N4Si.Pt/c1-57(2,3)42-29-30-61-56(38-42)64-54-26-20-19-25-52(54)53-28-27-50(40-55(53)64)65(48-21-15-13-16-22-48,49-23-17-14-18-24-49)51-37-45(60(10,11)12)36-47(39-51)63-32-31-62(41-63)46-34-43(58(4,5)6)33-44(35-46)59(7,8)9;/h13-38,41H,1-12H3;/q-3;. The van der Waals surface area contributed by atoms with Gasteiger partial charge >= 0.3 is 0 Å². The van der Waals surface area contributed by atoms with Gasteiger partial charge < -0.3 is 14.4 Å². The summed E-state index contributed by atoms with van der Waals surface area (Å²) in [5, 5.41) is 7.26. The quantitative estimate of drug-likeness (QED) is 0.0903. The number of pyridine rings is 1. The minimum absolute atomic E-state index is 0. The van der Waals surface area contributed by atoms with Crippen LogP contribution in [0.25, 0.3) is 27.6 Å². The van der Waals surface area contributed by atoms with Crippen LogP contribution in [0.1, 0.15) is 105 Å². The Morgan fingerprint density at radius 2 is 1.03 bits per heavy atom. The van der Waals surface area contributed by atoms with Crippen LogP contribution < -0.4 is 30.5 Å². The van der Waals surface area contributed by atoms with E-state index in [1.165, 1.54) is 48.4 Å². The van der Waals surface area contributed by atoms with Gasteiger partial charge in [0.05, 0.1) is 0 Å². The van der Waals surface area contributed by atoms with Crippen LogP contribution in [-0.2, 0) is 42.7 Å². The van der Waals surface area contributed by atoms with Crippen molar-refractivity contribution in [1.82, 2.24) is 9.55 Å². The molecule has 0 bridgehead atoms. The minimum Gasteiger partial charge on any atom is -0.500 e. The number of hydrogen-bond donors (Lipinski definition) is 0. The van der Waals surface area contributed by atoms with Gasteiger partial charge in [0, 0.05) is 38.5 Å². The van der Waals surface area contributed by atoms with Crippen molar-refractivity contribution in [2.24, 2.45) is 0 Å². The van der Waals surface area contributed by atoms with Crippen molar-refractivity contribution >= 4 is 62.0 Å². The number of aromatic nitrogens is 2. The first-order valence-corrected chi connectivity index (χ1v) is 25.1. The van der Waals surface area contributed by atoms with Gasteiger partial charge in [-0.05, 0) is 96.8 Å². The molecule has 0 unspecified atom stereocenters. The van der Waals surface area contributed by atoms with Crippen molar-refractivity contribution in [2.75, 3.05) is 9.80 Å². The fraction of sp³-hybridized carbons (Fsp3) is 0.267. The molecule has 0 aliphatic carbocycles. The second kappa shape index (κ2) is 17.3. The summed E-state index contributed by atoms with van der Waals surface area (Å²) in [6, 6.07) is 60.4. The molecule has 9 rings (SSSR count). The summed E-state index contributed by atoms with van der Waals surface area (Å²) in [5.74, 6) is 0.899. The third-order valence-electron chi connectivity index (χ3n) is 13.2. The van der Waals surface area contributed by atoms with E-state index >= 15 is 0 Å². The van der Waals surface area contributed by atoms with Gasteiger partial charge in [-0.25, -0.2) is 4.98 Å². The van der Waals surface area contributed by atoms with Crippen LogP contribution in [0.15, 0.2) is 158 Å². The molecular weight excluding hydrogens is 1000 g/mol. The summed E-state index contributed by atoms with van der Waals surface area (Å²) in [6.45, 7) is 29.8. The molecule has 6 heteroatoms. The number of nitrogens with zero attached hydrogens (tertiary/aromatic N) is 4. The molecule has 4 nitrogen and oxygen atoms in total. The number of anilines is 2. The largest absolute Gasteiger partial charge is 0.500 e. The first kappa shape index (κ1) is 47.0. The molecule has 2 aromatic heterocycles. The first-order chi connectivity index (χ1) is 30.7. The Bertz CT molecular complexity index is 2990. The van der Waals surface area contributed by atoms with Gasteiger partial charge in [0.25, 0.3) is 0 Å². The molecule has 0 N–H and O–H groups in total. The average Bonchev–Trinajstić information content (AvgIpc) is 3.90. The monoisotopic (exact) mass is 1060 g/mol. The normalized spacial score (nSPS) is 13.8. The molecule has 0 radical (unpaired) electrons. The van der Waals surface area contributed by atoms with Crippen LogP contribution in [0.2, 0.25) is 0 Å². The fourth-order valence-electron chi connectivity index (χ4n) is 9.27. The Morgan fingerprint density at radius 3 is 1.62 bits per heavy atom. The van der Waals surface area contributed by atoms with Gasteiger partial charge in [-0.1, -0.05) is 174 Å². The molecule has 340 valence electrons. The molecule has 8 aromatic rings. The minimum atomic E-state index is -3.18. The summed E-state index contributed by atoms with van der Waals surface area (Å²) < 4.78 is 2.33. The van der Waals surface area contributed by atoms with Gasteiger partial charge in [0.1, 0.15) is 13.9 Å². The molecule has 3 heterocycles. The molecule has 0 spiro atoms. The molecule has 0 amide bonds. The third kappa shape index (κ3) is 8.66. The maximum Gasteiger partial charge on any atom is 0.135 e. The Kier molecular flexibility index (Phi) is 12.3. The van der Waals surface area contributed by atoms with E-state index in [4.69, 9.17) is 4.98 Å². The second-order valence-corrected chi connectivity index (χ2v) is 25.8. The van der Waals surface area contributed by atoms with E-state index in [1.54, 1.807) is 0 Å². The van der Waals surface area contributed by atoms with Gasteiger partial charge in [-0.3, -0.25) is 0 Å². The molecule has 0 atom stereocenters. The number of hydrogen-bond acceptors (Lipinski definition) is 3. The summed E-state index contributed by atoms with van der Waals surface area (Å²) in [7, 11) is -3.18. The molecule has 0 fully saturated rings. The van der Waals surface area contributed by atoms with Gasteiger partial charge in [-0.2, -0.15) is 46.3 Å². The molecule has 0 saturated carbocycles. The summed E-state index contributed by atoms with van der Waals surface area (Å²) >= 11 is 0. The van der Waals surface area contributed by atoms with Crippen molar-refractivity contribution in [3.8, 4) is 5.82 Å². The average molecular weight is 1060 g/mol. The van der Waals surface area contributed by atoms with Gasteiger partial charge in [0.2, 0.25) is 0 Å². The summed E-state index contributed by atoms with van der Waals surface area (Å²) in [6.07, 6.45) is 6.33. The molecular formula is C60H63N4PtSi-3. The van der Waals surface area contributed by atoms with Crippen molar-refractivity contribution in [2.45, 2.75) is 105 Å². The van der Waals surface area contributed by atoms with E-state index in [0.29, 0.717) is 0 Å². The van der Waals surface area contributed by atoms with Crippen molar-refractivity contribution in [1.29, 1.82) is 0 Å². The van der Waals surface area contributed by atoms with Crippen LogP contribution in [0.4, 0.5) is 11.4 Å². The van der Waals surface area contributed by atoms with Crippen molar-refractivity contribution in [3.63, 3.8) is 0 Å². The van der Waals surface area contributed by atoms with Crippen LogP contribution in [0.5, 0.6) is 0 Å². The SMILES string of the molecule is CC(C)(C)c1cc(N2C=CN(c3cc(C(C)(C)C)cc(C(C)(C)C)c3)[CH-]2)[c-]c([Si](c2[c-]c3c(cc2)c2ccccc2n3-c2cc(C(C)(C)C)ccn2)(c2ccccc2)c2ccccc2)c1.[Pt]. The zero-order valence-corrected chi connectivity index (χ0v) is 44.0. The number of benzene rings is 6. The third-order valence-corrected chi connectivity index (χ3v) is 17.8. The number of fused-ring (bicyclic) bond motifs is 3. The maximum atomic E-state index is 5.05. The Labute approximate surface area is 409 Å².